The van der Waals surface area contributed by atoms with Crippen LogP contribution in [0.2, 0.25) is 0 Å². The van der Waals surface area contributed by atoms with Crippen LogP contribution in [0.15, 0.2) is 206 Å². The van der Waals surface area contributed by atoms with Gasteiger partial charge in [0.25, 0.3) is 0 Å². The number of aliphatic hydroxyl groups is 2. The predicted octanol–water partition coefficient (Wildman–Crippen LogP) is 27.8. The van der Waals surface area contributed by atoms with Crippen molar-refractivity contribution >= 4 is 0 Å². The lowest BCUT2D eigenvalue weighted by molar-refractivity contribution is -0.460. The van der Waals surface area contributed by atoms with Crippen LogP contribution in [0.25, 0.3) is 0 Å². The maximum Gasteiger partial charge on any atom is 0.476 e. The van der Waals surface area contributed by atoms with Crippen molar-refractivity contribution in [2.24, 2.45) is 0 Å². The number of rotatable bonds is 24. The molecule has 0 bridgehead atoms. The largest absolute Gasteiger partial charge is 0.872 e. The molecule has 0 aliphatic carbocycles. The van der Waals surface area contributed by atoms with Crippen molar-refractivity contribution in [2.75, 3.05) is 7.15 Å². The molecule has 0 radical (unpaired) electrons. The van der Waals surface area contributed by atoms with Gasteiger partial charge in [0.2, 0.25) is 0 Å². The average molecular weight is 2080 g/mol. The van der Waals surface area contributed by atoms with Crippen molar-refractivity contribution in [1.29, 1.82) is 0 Å². The molecule has 6 aromatic rings. The number of benzene rings is 6. The highest BCUT2D eigenvalue weighted by Gasteiger charge is 2.80. The first kappa shape index (κ1) is 130. The van der Waals surface area contributed by atoms with Crippen molar-refractivity contribution in [3.8, 4) is 34.5 Å². The fourth-order valence-electron chi connectivity index (χ4n) is 5.37. The molecule has 0 aliphatic rings. The molecule has 774 valence electrons. The molecule has 0 heterocycles. The Morgan fingerprint density at radius 2 is 0.493 bits per heavy atom. The number of phenolic OH excluding ortho intramolecular Hbond substituents is 2. The summed E-state index contributed by atoms with van der Waals surface area (Å²) in [4.78, 5) is 0. The summed E-state index contributed by atoms with van der Waals surface area (Å²) in [6.45, 7) is 10.5. The number of phenols is 2. The Balaban J connectivity index is -0.000000481. The molecule has 0 amide bonds. The zero-order chi connectivity index (χ0) is 108. The standard InChI is InChI=1S/2C11H6F10O2.C11H5F10O2.3C6H6O.2C5F10O.2C4H10O.CH3F/c3*12-7(8(13,14)22-6-4-2-1-3-5-6)23-11(20,21)9(15,16)10(17,18)19;3*7-6-4-2-1-3-5-6;2*6-1(7)2(8)16-5(14,15)3(9,10)4(11,12)13;2*1-4(2,3)5;1-2/h2*1-5,7H;1-5H;3*1-5,7H;;;2*5H,1-3H3;1H3/q;;-1;;;;;;;;/p-1/i;;;;;;;;;;1D. The highest BCUT2D eigenvalue weighted by molar-refractivity contribution is 5.24. The van der Waals surface area contributed by atoms with E-state index in [1.165, 1.54) is 30.3 Å². The summed E-state index contributed by atoms with van der Waals surface area (Å²) in [7, 11) is -1.00. The summed E-state index contributed by atoms with van der Waals surface area (Å²) in [6.07, 6.45) is -103. The van der Waals surface area contributed by atoms with Crippen LogP contribution in [0.5, 0.6) is 34.5 Å². The third-order valence-electron chi connectivity index (χ3n) is 11.1. The predicted molar refractivity (Wildman–Crippen MR) is 349 cm³/mol. The van der Waals surface area contributed by atoms with E-state index in [1.807, 2.05) is 27.7 Å². The topological polar surface area (TPSA) is 178 Å². The highest BCUT2D eigenvalue weighted by Crippen LogP contribution is 2.54. The smallest absolute Gasteiger partial charge is 0.476 e. The minimum absolute atomic E-state index is 0.0718. The normalized spacial score (nSPS) is 13.4. The number of alkyl halides is 44. The molecular weight excluding hydrogens is 2020 g/mol. The van der Waals surface area contributed by atoms with Crippen LogP contribution >= 0.6 is 0 Å². The molecular formula is C70H57F51O13-2. The Morgan fingerprint density at radius 3 is 0.664 bits per heavy atom. The zero-order valence-electron chi connectivity index (χ0n) is 66.4. The second-order valence-corrected chi connectivity index (χ2v) is 24.7. The Bertz CT molecular complexity index is 3880. The molecule has 0 aromatic heterocycles. The fourth-order valence-corrected chi connectivity index (χ4v) is 5.37. The number of hydrogen-bond acceptors (Lipinski definition) is 13. The molecule has 64 heteroatoms. The Hall–Kier alpha value is -10.6. The highest BCUT2D eigenvalue weighted by atomic mass is 19.5. The van der Waals surface area contributed by atoms with Gasteiger partial charge in [-0.2, -0.15) is 206 Å². The second-order valence-electron chi connectivity index (χ2n) is 24.7. The maximum atomic E-state index is 13.1. The number of aromatic hydroxyl groups is 2. The molecule has 2 unspecified atom stereocenters. The van der Waals surface area contributed by atoms with E-state index in [0.29, 0.717) is 11.5 Å². The maximum absolute atomic E-state index is 13.1. The first-order chi connectivity index (χ1) is 59.9. The van der Waals surface area contributed by atoms with Crippen LogP contribution in [0.1, 0.15) is 42.9 Å². The minimum Gasteiger partial charge on any atom is -0.872 e. The van der Waals surface area contributed by atoms with Crippen LogP contribution in [0.4, 0.5) is 224 Å². The van der Waals surface area contributed by atoms with Crippen molar-refractivity contribution in [3.63, 3.8) is 0 Å². The van der Waals surface area contributed by atoms with Crippen molar-refractivity contribution in [2.45, 2.75) is 175 Å². The van der Waals surface area contributed by atoms with E-state index in [2.05, 4.69) is 28.4 Å². The van der Waals surface area contributed by atoms with E-state index < -0.39 is 188 Å². The number of halogens is 51. The Morgan fingerprint density at radius 1 is 0.313 bits per heavy atom. The monoisotopic (exact) mass is 2080 g/mol. The van der Waals surface area contributed by atoms with Gasteiger partial charge >= 0.3 is 146 Å². The van der Waals surface area contributed by atoms with E-state index in [9.17, 15) is 229 Å². The Kier molecular flexibility index (Phi) is 50.3. The van der Waals surface area contributed by atoms with Gasteiger partial charge in [-0.1, -0.05) is 121 Å². The van der Waals surface area contributed by atoms with E-state index in [0.717, 1.165) is 72.8 Å². The molecule has 0 aliphatic heterocycles. The van der Waals surface area contributed by atoms with Crippen LogP contribution < -0.4 is 19.3 Å². The average Bonchev–Trinajstić information content (AvgIpc) is 0.781. The first-order valence-corrected chi connectivity index (χ1v) is 32.5. The van der Waals surface area contributed by atoms with Crippen molar-refractivity contribution in [3.05, 3.63) is 213 Å². The lowest BCUT2D eigenvalue weighted by atomic mass is 10.2. The fraction of sp³-hybridized carbons (Fsp3) is 0.414. The molecule has 134 heavy (non-hydrogen) atoms. The van der Waals surface area contributed by atoms with Crippen LogP contribution in [-0.4, -0.2) is 161 Å². The molecule has 6 rings (SSSR count). The van der Waals surface area contributed by atoms with Crippen LogP contribution in [0, 0.1) is 6.36 Å². The van der Waals surface area contributed by atoms with Gasteiger partial charge in [0, 0.05) is 0 Å². The van der Waals surface area contributed by atoms with E-state index >= 15 is 0 Å². The van der Waals surface area contributed by atoms with Gasteiger partial charge in [0.1, 0.15) is 28.7 Å². The first-order valence-electron chi connectivity index (χ1n) is 33.2. The van der Waals surface area contributed by atoms with Crippen LogP contribution in [-0.2, 0) is 23.7 Å². The summed E-state index contributed by atoms with van der Waals surface area (Å²) in [5, 5.41) is 44.6. The summed E-state index contributed by atoms with van der Waals surface area (Å²) < 4.78 is 643. The van der Waals surface area contributed by atoms with Gasteiger partial charge in [-0.3, -0.25) is 13.9 Å². The van der Waals surface area contributed by atoms with Crippen molar-refractivity contribution < 1.29 is 289 Å². The number of hydrogen-bond donors (Lipinski definition) is 4. The van der Waals surface area contributed by atoms with Gasteiger partial charge < -0.3 is 58.3 Å². The lowest BCUT2D eigenvalue weighted by Crippen LogP contribution is -2.56. The quantitative estimate of drug-likeness (QED) is 0.0256. The summed E-state index contributed by atoms with van der Waals surface area (Å²) in [6, 6.07) is 34.2. The molecule has 0 saturated carbocycles. The van der Waals surface area contributed by atoms with Gasteiger partial charge in [0.05, 0.1) is 26.1 Å². The van der Waals surface area contributed by atoms with Gasteiger partial charge in [-0.05, 0) is 102 Å². The molecule has 0 fully saturated rings. The second kappa shape index (κ2) is 51.9. The van der Waals surface area contributed by atoms with Gasteiger partial charge in [-0.25, -0.2) is 8.78 Å². The number of para-hydroxylation sites is 6. The molecule has 13 nitrogen and oxygen atoms in total. The summed E-state index contributed by atoms with van der Waals surface area (Å²) in [5.41, 5.74) is -1.00. The molecule has 0 spiro atoms. The van der Waals surface area contributed by atoms with E-state index in [-0.39, 0.29) is 5.75 Å². The number of ether oxygens (including phenoxy) is 8. The SMILES string of the molecule is CC(C)(C)O.CC(C)(C)O.FC(F)=C(F)OC(F)(F)C(F)(F)C(F)(F)F.FC(F)=C(F)OC(F)(F)C(F)(F)C(F)(F)F.FC(OC(F)(F)C(F)(F)C(F)(F)F)C(F)(F)Oc1ccccc1.FC(OC(F)(F)C(F)(F)C(F)(F)F)C(F)(F)Oc1ccccc1.F[C-](OC(F)(F)C(F)(F)C(F)(F)F)C(F)(F)Oc1ccccc1.Oc1ccccc1.Oc1ccccc1.[2H]CF.[O-]c1ccccc1. The minimum atomic E-state index is -6.92. The van der Waals surface area contributed by atoms with Gasteiger partial charge in [0.15, 0.2) is 0 Å². The third kappa shape index (κ3) is 47.1. The van der Waals surface area contributed by atoms with E-state index in [1.54, 1.807) is 102 Å². The third-order valence-corrected chi connectivity index (χ3v) is 11.1. The zero-order valence-corrected chi connectivity index (χ0v) is 65.4. The van der Waals surface area contributed by atoms with Gasteiger partial charge in [-0.15, -0.1) is 5.75 Å². The molecule has 2 atom stereocenters. The molecule has 6 aromatic carbocycles. The molecule has 0 saturated heterocycles. The van der Waals surface area contributed by atoms with Crippen LogP contribution in [0.3, 0.4) is 0 Å². The summed E-state index contributed by atoms with van der Waals surface area (Å²) >= 11 is 0. The molecule has 4 N–H and O–H groups in total. The summed E-state index contributed by atoms with van der Waals surface area (Å²) in [5.74, 6) is -35.9. The lowest BCUT2D eigenvalue weighted by Gasteiger charge is -2.38. The van der Waals surface area contributed by atoms with Crippen molar-refractivity contribution in [1.82, 2.24) is 0 Å². The Labute approximate surface area is 717 Å². The van der Waals surface area contributed by atoms with E-state index in [4.69, 9.17) is 21.8 Å².